The number of rotatable bonds is 3. The molecule has 1 aromatic heterocycles. The number of nitrogens with one attached hydrogen (secondary N) is 1. The Morgan fingerprint density at radius 1 is 0.923 bits per heavy atom. The highest BCUT2D eigenvalue weighted by Crippen LogP contribution is 2.46. The van der Waals surface area contributed by atoms with Gasteiger partial charge in [-0.2, -0.15) is 0 Å². The molecule has 1 aliphatic rings. The first-order valence-corrected chi connectivity index (χ1v) is 7.99. The smallest absolute Gasteiger partial charge is 0.198 e. The number of hydrogen-bond acceptors (Lipinski definition) is 5. The zero-order valence-electron chi connectivity index (χ0n) is 14.4. The quantitative estimate of drug-likeness (QED) is 0.574. The Labute approximate surface area is 148 Å². The molecule has 3 aromatic rings. The van der Waals surface area contributed by atoms with Crippen LogP contribution >= 0.6 is 0 Å². The van der Waals surface area contributed by atoms with Crippen molar-refractivity contribution < 1.29 is 23.9 Å². The summed E-state index contributed by atoms with van der Waals surface area (Å²) in [6, 6.07) is 6.64. The van der Waals surface area contributed by atoms with E-state index in [9.17, 15) is 14.4 Å². The van der Waals surface area contributed by atoms with Gasteiger partial charge in [-0.3, -0.25) is 14.4 Å². The Hall–Kier alpha value is -3.41. The highest BCUT2D eigenvalue weighted by atomic mass is 16.5. The predicted octanol–water partition coefficient (Wildman–Crippen LogP) is 3.16. The van der Waals surface area contributed by atoms with Crippen molar-refractivity contribution in [2.75, 3.05) is 14.2 Å². The first-order valence-electron chi connectivity index (χ1n) is 7.99. The van der Waals surface area contributed by atoms with Gasteiger partial charge < -0.3 is 14.5 Å². The lowest BCUT2D eigenvalue weighted by molar-refractivity contribution is 0.0974. The molecule has 2 aromatic carbocycles. The van der Waals surface area contributed by atoms with Crippen molar-refractivity contribution in [2.24, 2.45) is 0 Å². The second-order valence-electron chi connectivity index (χ2n) is 6.03. The zero-order chi connectivity index (χ0) is 18.6. The number of H-pyrrole nitrogens is 1. The minimum absolute atomic E-state index is 0.127. The largest absolute Gasteiger partial charge is 0.495 e. The third-order valence-electron chi connectivity index (χ3n) is 4.70. The fourth-order valence-corrected chi connectivity index (χ4v) is 3.58. The molecule has 0 radical (unpaired) electrons. The maximum Gasteiger partial charge on any atom is 0.198 e. The summed E-state index contributed by atoms with van der Waals surface area (Å²) in [5.74, 6) is -0.396. The van der Waals surface area contributed by atoms with Crippen LogP contribution < -0.4 is 9.47 Å². The van der Waals surface area contributed by atoms with Crippen molar-refractivity contribution in [1.82, 2.24) is 4.98 Å². The van der Waals surface area contributed by atoms with Crippen molar-refractivity contribution in [3.63, 3.8) is 0 Å². The Bertz CT molecular complexity index is 1120. The van der Waals surface area contributed by atoms with E-state index in [0.29, 0.717) is 27.6 Å². The summed E-state index contributed by atoms with van der Waals surface area (Å²) in [4.78, 5) is 41.3. The van der Waals surface area contributed by atoms with Crippen LogP contribution in [0.2, 0.25) is 0 Å². The summed E-state index contributed by atoms with van der Waals surface area (Å²) >= 11 is 0. The average molecular weight is 349 g/mol. The fraction of sp³-hybridized carbons (Fsp3) is 0.150. The van der Waals surface area contributed by atoms with Crippen LogP contribution in [0.5, 0.6) is 11.5 Å². The van der Waals surface area contributed by atoms with Gasteiger partial charge in [-0.1, -0.05) is 24.3 Å². The molecule has 6 nitrogen and oxygen atoms in total. The van der Waals surface area contributed by atoms with E-state index in [1.165, 1.54) is 27.3 Å². The van der Waals surface area contributed by atoms with Crippen molar-refractivity contribution in [2.45, 2.75) is 6.92 Å². The van der Waals surface area contributed by atoms with E-state index in [4.69, 9.17) is 9.47 Å². The van der Waals surface area contributed by atoms with Gasteiger partial charge in [-0.15, -0.1) is 0 Å². The Balaban J connectivity index is 2.22. The molecule has 0 saturated carbocycles. The fourth-order valence-electron chi connectivity index (χ4n) is 3.58. The minimum Gasteiger partial charge on any atom is -0.495 e. The van der Waals surface area contributed by atoms with Gasteiger partial charge in [0.25, 0.3) is 0 Å². The molecule has 1 heterocycles. The molecule has 0 spiro atoms. The molecule has 0 unspecified atom stereocenters. The van der Waals surface area contributed by atoms with Gasteiger partial charge in [0.1, 0.15) is 5.75 Å². The highest BCUT2D eigenvalue weighted by Gasteiger charge is 2.38. The number of aromatic amines is 1. The molecule has 130 valence electrons. The van der Waals surface area contributed by atoms with E-state index in [2.05, 4.69) is 4.98 Å². The van der Waals surface area contributed by atoms with E-state index in [1.54, 1.807) is 24.3 Å². The van der Waals surface area contributed by atoms with Gasteiger partial charge in [0, 0.05) is 22.9 Å². The van der Waals surface area contributed by atoms with E-state index >= 15 is 0 Å². The standard InChI is InChI=1S/C20H15NO5/c1-9(22)12-8-21-16-13(12)19(25-2)14-15(20(16)26-3)18(24)11-7-5-4-6-10(11)17(14)23/h4-8,21H,1-3H3. The second kappa shape index (κ2) is 5.56. The topological polar surface area (TPSA) is 85.5 Å². The van der Waals surface area contributed by atoms with Gasteiger partial charge in [0.05, 0.1) is 36.2 Å². The average Bonchev–Trinajstić information content (AvgIpc) is 3.09. The van der Waals surface area contributed by atoms with Crippen LogP contribution in [0.4, 0.5) is 0 Å². The molecule has 0 saturated heterocycles. The molecule has 6 heteroatoms. The number of hydrogen-bond donors (Lipinski definition) is 1. The predicted molar refractivity (Wildman–Crippen MR) is 94.7 cm³/mol. The molecule has 0 fully saturated rings. The van der Waals surface area contributed by atoms with Crippen LogP contribution in [0.3, 0.4) is 0 Å². The SMILES string of the molecule is COc1c2c(c(OC)c3c(C(C)=O)c[nH]c13)C(=O)c1ccccc1C2=O. The maximum absolute atomic E-state index is 13.2. The van der Waals surface area contributed by atoms with Crippen molar-refractivity contribution in [3.05, 3.63) is 58.3 Å². The number of ketones is 3. The monoisotopic (exact) mass is 349 g/mol. The Morgan fingerprint density at radius 3 is 1.96 bits per heavy atom. The second-order valence-corrected chi connectivity index (χ2v) is 6.03. The van der Waals surface area contributed by atoms with Crippen molar-refractivity contribution >= 4 is 28.3 Å². The number of ether oxygens (including phenoxy) is 2. The molecule has 0 aliphatic heterocycles. The Morgan fingerprint density at radius 2 is 1.46 bits per heavy atom. The van der Waals surface area contributed by atoms with Crippen LogP contribution in [-0.2, 0) is 0 Å². The summed E-state index contributed by atoms with van der Waals surface area (Å²) in [7, 11) is 2.84. The van der Waals surface area contributed by atoms with Crippen LogP contribution in [0.15, 0.2) is 30.5 Å². The molecule has 0 bridgehead atoms. The van der Waals surface area contributed by atoms with Crippen molar-refractivity contribution in [1.29, 1.82) is 0 Å². The van der Waals surface area contributed by atoms with E-state index in [-0.39, 0.29) is 40.0 Å². The number of methoxy groups -OCH3 is 2. The number of Topliss-reactive ketones (excluding diaryl/α,β-unsaturated/α-hetero) is 1. The third kappa shape index (κ3) is 1.89. The van der Waals surface area contributed by atoms with E-state index in [0.717, 1.165) is 0 Å². The number of aromatic nitrogens is 1. The number of benzene rings is 2. The van der Waals surface area contributed by atoms with Gasteiger partial charge >= 0.3 is 0 Å². The minimum atomic E-state index is -0.331. The molecular weight excluding hydrogens is 334 g/mol. The highest BCUT2D eigenvalue weighted by molar-refractivity contribution is 6.33. The lowest BCUT2D eigenvalue weighted by Crippen LogP contribution is -2.23. The molecule has 1 N–H and O–H groups in total. The molecule has 26 heavy (non-hydrogen) atoms. The van der Waals surface area contributed by atoms with Gasteiger partial charge in [0.2, 0.25) is 0 Å². The lowest BCUT2D eigenvalue weighted by atomic mass is 9.82. The summed E-state index contributed by atoms with van der Waals surface area (Å²) in [5, 5.41) is 0.441. The van der Waals surface area contributed by atoms with E-state index in [1.807, 2.05) is 0 Å². The number of fused-ring (bicyclic) bond motifs is 3. The summed E-state index contributed by atoms with van der Waals surface area (Å²) in [6.07, 6.45) is 1.53. The molecule has 0 amide bonds. The van der Waals surface area contributed by atoms with Gasteiger partial charge in [-0.25, -0.2) is 0 Å². The van der Waals surface area contributed by atoms with Crippen LogP contribution in [0.1, 0.15) is 49.1 Å². The molecule has 4 rings (SSSR count). The number of carbonyl (C=O) groups is 3. The first kappa shape index (κ1) is 16.1. The van der Waals surface area contributed by atoms with Gasteiger partial charge in [-0.05, 0) is 6.92 Å². The normalized spacial score (nSPS) is 12.7. The van der Waals surface area contributed by atoms with Crippen molar-refractivity contribution in [3.8, 4) is 11.5 Å². The number of carbonyl (C=O) groups excluding carboxylic acids is 3. The van der Waals surface area contributed by atoms with Crippen LogP contribution in [0, 0.1) is 0 Å². The lowest BCUT2D eigenvalue weighted by Gasteiger charge is -2.23. The molecular formula is C20H15NO5. The third-order valence-corrected chi connectivity index (χ3v) is 4.70. The van der Waals surface area contributed by atoms with E-state index < -0.39 is 0 Å². The summed E-state index contributed by atoms with van der Waals surface area (Å²) < 4.78 is 11.0. The molecule has 1 aliphatic carbocycles. The maximum atomic E-state index is 13.2. The summed E-state index contributed by atoms with van der Waals surface area (Å²) in [5.41, 5.74) is 1.73. The van der Waals surface area contributed by atoms with Crippen LogP contribution in [0.25, 0.3) is 10.9 Å². The molecule has 0 atom stereocenters. The first-order chi connectivity index (χ1) is 12.5. The van der Waals surface area contributed by atoms with Crippen LogP contribution in [-0.4, -0.2) is 36.6 Å². The zero-order valence-corrected chi connectivity index (χ0v) is 14.4. The Kier molecular flexibility index (Phi) is 3.44. The summed E-state index contributed by atoms with van der Waals surface area (Å²) in [6.45, 7) is 1.43. The van der Waals surface area contributed by atoms with Gasteiger partial charge in [0.15, 0.2) is 23.1 Å².